The highest BCUT2D eigenvalue weighted by atomic mass is 16.2. The Hall–Kier alpha value is -3.86. The Balaban J connectivity index is 0.000000595. The Kier molecular flexibility index (Phi) is 14.3. The Morgan fingerprint density at radius 3 is 2.36 bits per heavy atom. The SMILES string of the molecule is C#CC.C=C(CC)CC.C=C1CCCN1C(=O)NC1=CC2=C(CC=C1)C(=O)N(C1CCC(=O)NC1=O)C2.CC. The molecule has 0 saturated carbocycles. The summed E-state index contributed by atoms with van der Waals surface area (Å²) in [6, 6.07) is -0.866. The van der Waals surface area contributed by atoms with Crippen molar-refractivity contribution in [1.82, 2.24) is 20.4 Å². The maximum Gasteiger partial charge on any atom is 0.326 e. The van der Waals surface area contributed by atoms with Crippen LogP contribution in [0.4, 0.5) is 4.79 Å². The van der Waals surface area contributed by atoms with Crippen LogP contribution in [0.5, 0.6) is 0 Å². The molecular weight excluding hydrogens is 492 g/mol. The Bertz CT molecular complexity index is 1080. The van der Waals surface area contributed by atoms with Gasteiger partial charge in [-0.3, -0.25) is 24.6 Å². The summed E-state index contributed by atoms with van der Waals surface area (Å²) in [5, 5.41) is 5.18. The largest absolute Gasteiger partial charge is 0.326 e. The molecule has 1 unspecified atom stereocenters. The number of nitrogens with zero attached hydrogens (tertiary/aromatic N) is 2. The molecule has 212 valence electrons. The van der Waals surface area contributed by atoms with Crippen LogP contribution in [0.1, 0.15) is 79.6 Å². The first kappa shape index (κ1) is 33.2. The van der Waals surface area contributed by atoms with Crippen molar-refractivity contribution < 1.29 is 19.2 Å². The second kappa shape index (κ2) is 16.9. The molecule has 3 heterocycles. The normalized spacial score (nSPS) is 19.6. The zero-order chi connectivity index (χ0) is 29.5. The highest BCUT2D eigenvalue weighted by Crippen LogP contribution is 2.30. The fourth-order valence-electron chi connectivity index (χ4n) is 4.28. The predicted molar refractivity (Wildman–Crippen MR) is 156 cm³/mol. The van der Waals surface area contributed by atoms with Gasteiger partial charge in [0.05, 0.1) is 0 Å². The Labute approximate surface area is 233 Å². The smallest absolute Gasteiger partial charge is 0.323 e. The topological polar surface area (TPSA) is 98.8 Å². The van der Waals surface area contributed by atoms with Gasteiger partial charge in [-0.15, -0.1) is 12.3 Å². The fourth-order valence-corrected chi connectivity index (χ4v) is 4.28. The lowest BCUT2D eigenvalue weighted by Crippen LogP contribution is -2.53. The number of amides is 5. The van der Waals surface area contributed by atoms with Crippen molar-refractivity contribution >= 4 is 23.8 Å². The zero-order valence-electron chi connectivity index (χ0n) is 24.2. The quantitative estimate of drug-likeness (QED) is 0.296. The predicted octanol–water partition coefficient (Wildman–Crippen LogP) is 5.12. The Morgan fingerprint density at radius 1 is 1.21 bits per heavy atom. The van der Waals surface area contributed by atoms with E-state index in [0.717, 1.165) is 37.0 Å². The summed E-state index contributed by atoms with van der Waals surface area (Å²) in [7, 11) is 0. The average molecular weight is 537 g/mol. The number of carbonyl (C=O) groups excluding carboxylic acids is 4. The van der Waals surface area contributed by atoms with Crippen LogP contribution in [-0.2, 0) is 14.4 Å². The molecule has 39 heavy (non-hydrogen) atoms. The molecule has 8 heteroatoms. The molecule has 2 saturated heterocycles. The Morgan fingerprint density at radius 2 is 1.85 bits per heavy atom. The summed E-state index contributed by atoms with van der Waals surface area (Å²) in [6.07, 6.45) is 15.0. The standard InChI is InChI=1S/C20H22N4O4.C6H12.C3H4.C2H6/c1-12-4-3-9-23(12)20(28)21-14-5-2-6-15-13(10-14)11-24(19(15)27)16-7-8-17(25)22-18(16)26;1-4-6(3)5-2;1-3-2;1-2/h2,5,10,16H,1,3-4,6-9,11H2,(H,21,28)(H,22,25,26);3-5H2,1-2H3;1H,2H3;1-2H3. The summed E-state index contributed by atoms with van der Waals surface area (Å²) >= 11 is 0. The highest BCUT2D eigenvalue weighted by molar-refractivity contribution is 6.05. The molecule has 0 spiro atoms. The van der Waals surface area contributed by atoms with Gasteiger partial charge in [0.2, 0.25) is 11.8 Å². The second-order valence-corrected chi connectivity index (χ2v) is 9.11. The van der Waals surface area contributed by atoms with Gasteiger partial charge in [0.1, 0.15) is 6.04 Å². The van der Waals surface area contributed by atoms with Crippen LogP contribution >= 0.6 is 0 Å². The van der Waals surface area contributed by atoms with Gasteiger partial charge in [0.15, 0.2) is 0 Å². The number of urea groups is 1. The van der Waals surface area contributed by atoms with E-state index in [0.29, 0.717) is 30.7 Å². The fraction of sp³-hybridized carbons (Fsp3) is 0.484. The van der Waals surface area contributed by atoms with E-state index in [2.05, 4.69) is 50.0 Å². The summed E-state index contributed by atoms with van der Waals surface area (Å²) in [6.45, 7) is 18.6. The van der Waals surface area contributed by atoms with Crippen molar-refractivity contribution in [2.45, 2.75) is 85.6 Å². The summed E-state index contributed by atoms with van der Waals surface area (Å²) in [4.78, 5) is 52.0. The number of allylic oxidation sites excluding steroid dienone is 4. The third kappa shape index (κ3) is 9.43. The van der Waals surface area contributed by atoms with E-state index in [9.17, 15) is 19.2 Å². The number of rotatable bonds is 4. The molecule has 8 nitrogen and oxygen atoms in total. The molecule has 4 rings (SSSR count). The van der Waals surface area contributed by atoms with Crippen LogP contribution in [0.25, 0.3) is 0 Å². The van der Waals surface area contributed by atoms with E-state index >= 15 is 0 Å². The lowest BCUT2D eigenvalue weighted by molar-refractivity contribution is -0.142. The first-order valence-electron chi connectivity index (χ1n) is 13.7. The minimum atomic E-state index is -0.638. The highest BCUT2D eigenvalue weighted by Gasteiger charge is 2.39. The molecule has 0 radical (unpaired) electrons. The number of hydrogen-bond donors (Lipinski definition) is 2. The van der Waals surface area contributed by atoms with E-state index in [1.807, 2.05) is 19.9 Å². The van der Waals surface area contributed by atoms with Crippen LogP contribution in [0.3, 0.4) is 0 Å². The average Bonchev–Trinajstić information content (AvgIpc) is 3.41. The molecule has 1 aliphatic carbocycles. The van der Waals surface area contributed by atoms with Crippen molar-refractivity contribution in [3.63, 3.8) is 0 Å². The van der Waals surface area contributed by atoms with Gasteiger partial charge < -0.3 is 10.2 Å². The van der Waals surface area contributed by atoms with Crippen molar-refractivity contribution in [3.05, 3.63) is 59.5 Å². The second-order valence-electron chi connectivity index (χ2n) is 9.11. The lowest BCUT2D eigenvalue weighted by atomic mass is 10.0. The number of hydrogen-bond acceptors (Lipinski definition) is 4. The first-order valence-corrected chi connectivity index (χ1v) is 13.7. The van der Waals surface area contributed by atoms with Crippen molar-refractivity contribution in [3.8, 4) is 12.3 Å². The van der Waals surface area contributed by atoms with E-state index in [1.54, 1.807) is 24.0 Å². The number of imide groups is 1. The molecule has 0 aromatic carbocycles. The number of nitrogens with one attached hydrogen (secondary N) is 2. The number of piperidine rings is 1. The van der Waals surface area contributed by atoms with E-state index < -0.39 is 11.9 Å². The van der Waals surface area contributed by atoms with Crippen LogP contribution in [0.2, 0.25) is 0 Å². The van der Waals surface area contributed by atoms with Gasteiger partial charge in [-0.2, -0.15) is 0 Å². The maximum atomic E-state index is 12.8. The number of terminal acetylenes is 1. The molecule has 3 aliphatic heterocycles. The van der Waals surface area contributed by atoms with E-state index in [1.165, 1.54) is 10.5 Å². The summed E-state index contributed by atoms with van der Waals surface area (Å²) < 4.78 is 0. The van der Waals surface area contributed by atoms with Crippen LogP contribution in [-0.4, -0.2) is 52.7 Å². The zero-order valence-corrected chi connectivity index (χ0v) is 24.2. The summed E-state index contributed by atoms with van der Waals surface area (Å²) in [5.74, 6) is 1.33. The molecule has 0 aromatic heterocycles. The van der Waals surface area contributed by atoms with Gasteiger partial charge >= 0.3 is 6.03 Å². The monoisotopic (exact) mass is 536 g/mol. The lowest BCUT2D eigenvalue weighted by Gasteiger charge is -2.30. The third-order valence-electron chi connectivity index (χ3n) is 6.51. The third-order valence-corrected chi connectivity index (χ3v) is 6.51. The van der Waals surface area contributed by atoms with Crippen molar-refractivity contribution in [2.75, 3.05) is 13.1 Å². The minimum absolute atomic E-state index is 0.189. The van der Waals surface area contributed by atoms with E-state index in [-0.39, 0.29) is 30.8 Å². The van der Waals surface area contributed by atoms with Gasteiger partial charge in [-0.05, 0) is 63.2 Å². The summed E-state index contributed by atoms with van der Waals surface area (Å²) in [5.41, 5.74) is 4.16. The minimum Gasteiger partial charge on any atom is -0.323 e. The van der Waals surface area contributed by atoms with E-state index in [4.69, 9.17) is 0 Å². The molecular formula is C31H44N4O4. The molecule has 2 fully saturated rings. The van der Waals surface area contributed by atoms with Gasteiger partial charge in [-0.1, -0.05) is 52.5 Å². The molecule has 1 atom stereocenters. The van der Waals surface area contributed by atoms with Crippen molar-refractivity contribution in [1.29, 1.82) is 0 Å². The van der Waals surface area contributed by atoms with Crippen LogP contribution < -0.4 is 10.6 Å². The molecule has 0 aromatic rings. The number of likely N-dealkylation sites (tertiary alicyclic amines) is 1. The first-order chi connectivity index (χ1) is 18.7. The molecule has 5 amide bonds. The maximum absolute atomic E-state index is 12.8. The van der Waals surface area contributed by atoms with Gasteiger partial charge in [-0.25, -0.2) is 4.79 Å². The van der Waals surface area contributed by atoms with Gasteiger partial charge in [0, 0.05) is 36.5 Å². The van der Waals surface area contributed by atoms with Gasteiger partial charge in [0.25, 0.3) is 5.91 Å². The van der Waals surface area contributed by atoms with Crippen LogP contribution in [0, 0.1) is 12.3 Å². The van der Waals surface area contributed by atoms with Crippen LogP contribution in [0.15, 0.2) is 59.5 Å². The molecule has 2 N–H and O–H groups in total. The van der Waals surface area contributed by atoms with Crippen molar-refractivity contribution in [2.24, 2.45) is 0 Å². The molecule has 4 aliphatic rings. The number of carbonyl (C=O) groups is 4. The molecule has 0 bridgehead atoms.